The van der Waals surface area contributed by atoms with Crippen molar-refractivity contribution >= 4 is 0 Å². The number of aromatic nitrogens is 1. The summed E-state index contributed by atoms with van der Waals surface area (Å²) in [4.78, 5) is 4.51. The molecular formula is C27H35N. The molecule has 1 aromatic heterocycles. The summed E-state index contributed by atoms with van der Waals surface area (Å²) < 4.78 is 0. The van der Waals surface area contributed by atoms with Gasteiger partial charge >= 0.3 is 0 Å². The molecule has 1 aliphatic rings. The maximum absolute atomic E-state index is 4.51. The third kappa shape index (κ3) is 6.23. The van der Waals surface area contributed by atoms with E-state index in [9.17, 15) is 0 Å². The van der Waals surface area contributed by atoms with E-state index in [1.807, 2.05) is 6.20 Å². The van der Waals surface area contributed by atoms with Gasteiger partial charge in [-0.05, 0) is 85.6 Å². The lowest BCUT2D eigenvalue weighted by atomic mass is 9.77. The Morgan fingerprint density at radius 2 is 1.64 bits per heavy atom. The number of hydrogen-bond acceptors (Lipinski definition) is 1. The molecule has 1 saturated carbocycles. The molecule has 0 atom stereocenters. The third-order valence-electron chi connectivity index (χ3n) is 6.15. The van der Waals surface area contributed by atoms with E-state index in [4.69, 9.17) is 0 Å². The van der Waals surface area contributed by atoms with Crippen LogP contribution in [0.4, 0.5) is 0 Å². The molecule has 0 saturated heterocycles. The first-order valence-corrected chi connectivity index (χ1v) is 11.4. The average Bonchev–Trinajstić information content (AvgIpc) is 2.75. The number of aryl methyl sites for hydroxylation is 1. The minimum atomic E-state index is 0.747. The number of unbranched alkanes of at least 4 members (excludes halogenated alkanes) is 2. The van der Waals surface area contributed by atoms with Crippen molar-refractivity contribution in [3.05, 3.63) is 65.0 Å². The van der Waals surface area contributed by atoms with Gasteiger partial charge < -0.3 is 0 Å². The molecule has 1 fully saturated rings. The number of pyridine rings is 1. The lowest BCUT2D eigenvalue weighted by Gasteiger charge is -2.28. The van der Waals surface area contributed by atoms with Crippen LogP contribution in [0, 0.1) is 17.8 Å². The first-order chi connectivity index (χ1) is 13.8. The zero-order valence-corrected chi connectivity index (χ0v) is 17.7. The van der Waals surface area contributed by atoms with Gasteiger partial charge in [-0.3, -0.25) is 0 Å². The minimum absolute atomic E-state index is 0.747. The first kappa shape index (κ1) is 20.7. The van der Waals surface area contributed by atoms with Gasteiger partial charge in [-0.15, -0.1) is 0 Å². The van der Waals surface area contributed by atoms with Crippen LogP contribution in [0.1, 0.15) is 99.9 Å². The van der Waals surface area contributed by atoms with E-state index in [0.29, 0.717) is 0 Å². The SMILES string of the molecule is CCCCCc1ccc(C#Cc2ccc(C3CCC(CCC)CC3)cc2)nc1. The quantitative estimate of drug-likeness (QED) is 0.367. The number of rotatable bonds is 7. The van der Waals surface area contributed by atoms with Gasteiger partial charge in [-0.25, -0.2) is 4.98 Å². The van der Waals surface area contributed by atoms with Crippen LogP contribution in [0.15, 0.2) is 42.6 Å². The van der Waals surface area contributed by atoms with Gasteiger partial charge in [0, 0.05) is 11.8 Å². The third-order valence-corrected chi connectivity index (χ3v) is 6.15. The molecule has 1 aromatic carbocycles. The summed E-state index contributed by atoms with van der Waals surface area (Å²) in [6.45, 7) is 4.55. The summed E-state index contributed by atoms with van der Waals surface area (Å²) in [5, 5.41) is 0. The molecule has 0 aliphatic heterocycles. The zero-order valence-electron chi connectivity index (χ0n) is 17.7. The van der Waals surface area contributed by atoms with Gasteiger partial charge in [0.05, 0.1) is 0 Å². The van der Waals surface area contributed by atoms with Crippen molar-refractivity contribution in [2.45, 2.75) is 84.0 Å². The van der Waals surface area contributed by atoms with E-state index >= 15 is 0 Å². The molecule has 0 N–H and O–H groups in total. The Morgan fingerprint density at radius 3 is 2.29 bits per heavy atom. The van der Waals surface area contributed by atoms with Gasteiger partial charge in [0.2, 0.25) is 0 Å². The molecule has 28 heavy (non-hydrogen) atoms. The fourth-order valence-corrected chi connectivity index (χ4v) is 4.39. The normalized spacial score (nSPS) is 19.1. The molecule has 148 valence electrons. The maximum Gasteiger partial charge on any atom is 0.113 e. The van der Waals surface area contributed by atoms with Crippen LogP contribution in [0.3, 0.4) is 0 Å². The van der Waals surface area contributed by atoms with Crippen molar-refractivity contribution in [2.24, 2.45) is 5.92 Å². The second kappa shape index (κ2) is 11.1. The van der Waals surface area contributed by atoms with E-state index in [0.717, 1.165) is 29.5 Å². The molecule has 0 amide bonds. The van der Waals surface area contributed by atoms with Crippen molar-refractivity contribution in [1.29, 1.82) is 0 Å². The topological polar surface area (TPSA) is 12.9 Å². The van der Waals surface area contributed by atoms with E-state index in [-0.39, 0.29) is 0 Å². The van der Waals surface area contributed by atoms with Crippen LogP contribution in [-0.2, 0) is 6.42 Å². The van der Waals surface area contributed by atoms with E-state index in [1.165, 1.54) is 68.9 Å². The molecule has 2 aromatic rings. The van der Waals surface area contributed by atoms with E-state index < -0.39 is 0 Å². The number of hydrogen-bond donors (Lipinski definition) is 0. The largest absolute Gasteiger partial charge is 0.248 e. The molecule has 1 nitrogen and oxygen atoms in total. The van der Waals surface area contributed by atoms with Crippen molar-refractivity contribution in [2.75, 3.05) is 0 Å². The Kier molecular flexibility index (Phi) is 8.16. The highest BCUT2D eigenvalue weighted by atomic mass is 14.7. The summed E-state index contributed by atoms with van der Waals surface area (Å²) in [7, 11) is 0. The summed E-state index contributed by atoms with van der Waals surface area (Å²) >= 11 is 0. The highest BCUT2D eigenvalue weighted by Crippen LogP contribution is 2.37. The first-order valence-electron chi connectivity index (χ1n) is 11.4. The average molecular weight is 374 g/mol. The minimum Gasteiger partial charge on any atom is -0.248 e. The fourth-order valence-electron chi connectivity index (χ4n) is 4.39. The van der Waals surface area contributed by atoms with Gasteiger partial charge in [0.25, 0.3) is 0 Å². The molecule has 0 spiro atoms. The summed E-state index contributed by atoms with van der Waals surface area (Å²) in [5.41, 5.74) is 4.75. The van der Waals surface area contributed by atoms with Crippen molar-refractivity contribution in [1.82, 2.24) is 4.98 Å². The maximum atomic E-state index is 4.51. The highest BCUT2D eigenvalue weighted by molar-refractivity contribution is 5.41. The van der Waals surface area contributed by atoms with Crippen LogP contribution < -0.4 is 0 Å². The Morgan fingerprint density at radius 1 is 0.857 bits per heavy atom. The van der Waals surface area contributed by atoms with Crippen molar-refractivity contribution in [3.8, 4) is 11.8 Å². The van der Waals surface area contributed by atoms with Gasteiger partial charge in [0.1, 0.15) is 5.69 Å². The Hall–Kier alpha value is -2.07. The number of nitrogens with zero attached hydrogens (tertiary/aromatic N) is 1. The van der Waals surface area contributed by atoms with Gasteiger partial charge in [0.15, 0.2) is 0 Å². The molecule has 1 aliphatic carbocycles. The monoisotopic (exact) mass is 373 g/mol. The molecule has 3 rings (SSSR count). The lowest BCUT2D eigenvalue weighted by molar-refractivity contribution is 0.308. The molecular weight excluding hydrogens is 338 g/mol. The van der Waals surface area contributed by atoms with Crippen LogP contribution in [0.25, 0.3) is 0 Å². The standard InChI is InChI=1S/C27H35N/c1-3-5-6-8-24-14-20-27(28-21-24)19-13-23-11-17-26(18-12-23)25-15-9-22(7-4-2)10-16-25/h11-12,14,17-18,20-22,25H,3-10,15-16H2,1-2H3. The van der Waals surface area contributed by atoms with E-state index in [2.05, 4.69) is 67.1 Å². The number of benzene rings is 1. The molecule has 1 heterocycles. The van der Waals surface area contributed by atoms with Gasteiger partial charge in [-0.1, -0.05) is 63.7 Å². The predicted molar refractivity (Wildman–Crippen MR) is 119 cm³/mol. The lowest BCUT2D eigenvalue weighted by Crippen LogP contribution is -2.13. The predicted octanol–water partition coefficient (Wildman–Crippen LogP) is 7.29. The summed E-state index contributed by atoms with van der Waals surface area (Å²) in [6.07, 6.45) is 15.2. The second-order valence-corrected chi connectivity index (χ2v) is 8.39. The van der Waals surface area contributed by atoms with E-state index in [1.54, 1.807) is 0 Å². The summed E-state index contributed by atoms with van der Waals surface area (Å²) in [6, 6.07) is 13.2. The smallest absolute Gasteiger partial charge is 0.113 e. The van der Waals surface area contributed by atoms with Crippen LogP contribution in [0.2, 0.25) is 0 Å². The van der Waals surface area contributed by atoms with Crippen LogP contribution in [0.5, 0.6) is 0 Å². The van der Waals surface area contributed by atoms with Crippen LogP contribution in [-0.4, -0.2) is 4.98 Å². The molecule has 1 heteroatoms. The van der Waals surface area contributed by atoms with Crippen molar-refractivity contribution < 1.29 is 0 Å². The molecule has 0 bridgehead atoms. The van der Waals surface area contributed by atoms with Crippen molar-refractivity contribution in [3.63, 3.8) is 0 Å². The summed E-state index contributed by atoms with van der Waals surface area (Å²) in [5.74, 6) is 8.20. The Bertz CT molecular complexity index is 753. The zero-order chi connectivity index (χ0) is 19.6. The highest BCUT2D eigenvalue weighted by Gasteiger charge is 2.21. The fraction of sp³-hybridized carbons (Fsp3) is 0.519. The molecule has 0 unspecified atom stereocenters. The van der Waals surface area contributed by atoms with Gasteiger partial charge in [-0.2, -0.15) is 0 Å². The second-order valence-electron chi connectivity index (χ2n) is 8.39. The Balaban J connectivity index is 1.53. The Labute approximate surface area is 172 Å². The van der Waals surface area contributed by atoms with Crippen LogP contribution >= 0.6 is 0 Å². The molecule has 0 radical (unpaired) electrons.